The standard InChI is InChI=1S/C8H10O5/c1-4-7(9)11-5-12-13-8(10)6(2)3/h4H,1-2,5H2,3H3. The topological polar surface area (TPSA) is 61.8 Å². The molecule has 5 nitrogen and oxygen atoms in total. The molecule has 0 aliphatic rings. The van der Waals surface area contributed by atoms with Crippen molar-refractivity contribution in [2.24, 2.45) is 0 Å². The van der Waals surface area contributed by atoms with Crippen molar-refractivity contribution < 1.29 is 24.1 Å². The van der Waals surface area contributed by atoms with Gasteiger partial charge in [0, 0.05) is 11.6 Å². The quantitative estimate of drug-likeness (QED) is 0.158. The molecule has 5 heteroatoms. The van der Waals surface area contributed by atoms with Crippen molar-refractivity contribution in [3.63, 3.8) is 0 Å². The van der Waals surface area contributed by atoms with E-state index in [1.54, 1.807) is 0 Å². The number of hydrogen-bond acceptors (Lipinski definition) is 5. The predicted octanol–water partition coefficient (Wildman–Crippen LogP) is 0.724. The third-order valence-corrected chi connectivity index (χ3v) is 0.899. The first kappa shape index (κ1) is 11.4. The Hall–Kier alpha value is -1.62. The zero-order chi connectivity index (χ0) is 10.3. The molecule has 0 saturated heterocycles. The molecular weight excluding hydrogens is 176 g/mol. The van der Waals surface area contributed by atoms with Gasteiger partial charge in [0.25, 0.3) is 0 Å². The number of esters is 1. The van der Waals surface area contributed by atoms with Crippen LogP contribution in [-0.4, -0.2) is 18.7 Å². The average molecular weight is 186 g/mol. The Labute approximate surface area is 75.5 Å². The third-order valence-electron chi connectivity index (χ3n) is 0.899. The Morgan fingerprint density at radius 2 is 2.08 bits per heavy atom. The molecule has 0 radical (unpaired) electrons. The van der Waals surface area contributed by atoms with Gasteiger partial charge in [-0.3, -0.25) is 4.89 Å². The summed E-state index contributed by atoms with van der Waals surface area (Å²) in [6, 6.07) is 0. The van der Waals surface area contributed by atoms with Crippen LogP contribution in [0.25, 0.3) is 0 Å². The molecule has 0 aromatic heterocycles. The third kappa shape index (κ3) is 5.63. The van der Waals surface area contributed by atoms with Crippen LogP contribution in [0.1, 0.15) is 6.92 Å². The van der Waals surface area contributed by atoms with Gasteiger partial charge in [0.05, 0.1) is 0 Å². The fourth-order valence-electron chi connectivity index (χ4n) is 0.290. The van der Waals surface area contributed by atoms with Crippen LogP contribution < -0.4 is 0 Å². The summed E-state index contributed by atoms with van der Waals surface area (Å²) in [5.41, 5.74) is 0.190. The highest BCUT2D eigenvalue weighted by atomic mass is 17.2. The Balaban J connectivity index is 3.46. The molecule has 0 spiro atoms. The van der Waals surface area contributed by atoms with E-state index >= 15 is 0 Å². The lowest BCUT2D eigenvalue weighted by molar-refractivity contribution is -0.301. The summed E-state index contributed by atoms with van der Waals surface area (Å²) < 4.78 is 4.34. The molecule has 0 rings (SSSR count). The highest BCUT2D eigenvalue weighted by Gasteiger charge is 2.04. The van der Waals surface area contributed by atoms with Crippen molar-refractivity contribution in [1.29, 1.82) is 0 Å². The van der Waals surface area contributed by atoms with Crippen molar-refractivity contribution >= 4 is 11.9 Å². The Kier molecular flexibility index (Phi) is 5.22. The van der Waals surface area contributed by atoms with Crippen LogP contribution in [0.4, 0.5) is 0 Å². The Morgan fingerprint density at radius 1 is 1.46 bits per heavy atom. The van der Waals surface area contributed by atoms with Crippen molar-refractivity contribution in [2.75, 3.05) is 6.79 Å². The molecule has 72 valence electrons. The summed E-state index contributed by atoms with van der Waals surface area (Å²) in [6.45, 7) is 7.45. The van der Waals surface area contributed by atoms with E-state index in [0.717, 1.165) is 6.08 Å². The zero-order valence-electron chi connectivity index (χ0n) is 7.24. The molecule has 0 aromatic carbocycles. The molecule has 0 N–H and O–H groups in total. The fourth-order valence-corrected chi connectivity index (χ4v) is 0.290. The van der Waals surface area contributed by atoms with Crippen LogP contribution >= 0.6 is 0 Å². The van der Waals surface area contributed by atoms with Gasteiger partial charge in [-0.25, -0.2) is 9.59 Å². The minimum Gasteiger partial charge on any atom is -0.431 e. The minimum atomic E-state index is -0.713. The van der Waals surface area contributed by atoms with Crippen molar-refractivity contribution in [2.45, 2.75) is 6.92 Å². The number of ether oxygens (including phenoxy) is 1. The minimum absolute atomic E-state index is 0.190. The first-order valence-electron chi connectivity index (χ1n) is 3.36. The Bertz CT molecular complexity index is 231. The summed E-state index contributed by atoms with van der Waals surface area (Å²) in [7, 11) is 0. The zero-order valence-corrected chi connectivity index (χ0v) is 7.24. The molecule has 0 bridgehead atoms. The van der Waals surface area contributed by atoms with Gasteiger partial charge in [0.1, 0.15) is 0 Å². The molecule has 0 fully saturated rings. The second kappa shape index (κ2) is 5.96. The fraction of sp³-hybridized carbons (Fsp3) is 0.250. The first-order chi connectivity index (χ1) is 6.07. The molecule has 0 unspecified atom stereocenters. The van der Waals surface area contributed by atoms with Crippen LogP contribution in [0.5, 0.6) is 0 Å². The van der Waals surface area contributed by atoms with Gasteiger partial charge in [0.2, 0.25) is 6.79 Å². The number of hydrogen-bond donors (Lipinski definition) is 0. The van der Waals surface area contributed by atoms with E-state index in [-0.39, 0.29) is 5.57 Å². The van der Waals surface area contributed by atoms with Gasteiger partial charge in [-0.1, -0.05) is 13.2 Å². The summed E-state index contributed by atoms with van der Waals surface area (Å²) >= 11 is 0. The largest absolute Gasteiger partial charge is 0.431 e. The second-order valence-electron chi connectivity index (χ2n) is 2.05. The van der Waals surface area contributed by atoms with Crippen LogP contribution in [0.2, 0.25) is 0 Å². The maximum absolute atomic E-state index is 10.6. The van der Waals surface area contributed by atoms with E-state index in [2.05, 4.69) is 27.7 Å². The molecule has 0 heterocycles. The van der Waals surface area contributed by atoms with Gasteiger partial charge >= 0.3 is 11.9 Å². The molecule has 0 saturated carbocycles. The van der Waals surface area contributed by atoms with E-state index in [9.17, 15) is 9.59 Å². The summed E-state index contributed by atoms with van der Waals surface area (Å²) in [5, 5.41) is 0. The van der Waals surface area contributed by atoms with Gasteiger partial charge in [0.15, 0.2) is 0 Å². The number of carbonyl (C=O) groups excluding carboxylic acids is 2. The molecule has 0 amide bonds. The summed E-state index contributed by atoms with van der Waals surface area (Å²) in [5.74, 6) is -1.37. The van der Waals surface area contributed by atoms with E-state index < -0.39 is 18.7 Å². The van der Waals surface area contributed by atoms with E-state index in [4.69, 9.17) is 0 Å². The highest BCUT2D eigenvalue weighted by molar-refractivity contribution is 5.86. The van der Waals surface area contributed by atoms with E-state index in [1.807, 2.05) is 0 Å². The van der Waals surface area contributed by atoms with Gasteiger partial charge < -0.3 is 4.74 Å². The molecule has 0 aromatic rings. The normalized spacial score (nSPS) is 8.69. The number of carbonyl (C=O) groups is 2. The maximum atomic E-state index is 10.6. The lowest BCUT2D eigenvalue weighted by Crippen LogP contribution is -2.10. The van der Waals surface area contributed by atoms with Gasteiger partial charge in [-0.15, -0.1) is 4.89 Å². The van der Waals surface area contributed by atoms with E-state index in [0.29, 0.717) is 0 Å². The first-order valence-corrected chi connectivity index (χ1v) is 3.36. The molecule has 0 atom stereocenters. The molecule has 13 heavy (non-hydrogen) atoms. The summed E-state index contributed by atoms with van der Waals surface area (Å²) in [4.78, 5) is 29.4. The van der Waals surface area contributed by atoms with Gasteiger partial charge in [-0.05, 0) is 6.92 Å². The molecule has 0 aliphatic carbocycles. The SMILES string of the molecule is C=CC(=O)OCOOC(=O)C(=C)C. The van der Waals surface area contributed by atoms with Crippen molar-refractivity contribution in [3.8, 4) is 0 Å². The highest BCUT2D eigenvalue weighted by Crippen LogP contribution is 1.92. The van der Waals surface area contributed by atoms with Gasteiger partial charge in [-0.2, -0.15) is 0 Å². The monoisotopic (exact) mass is 186 g/mol. The van der Waals surface area contributed by atoms with Crippen LogP contribution in [0.15, 0.2) is 24.8 Å². The van der Waals surface area contributed by atoms with Crippen LogP contribution in [0, 0.1) is 0 Å². The lowest BCUT2D eigenvalue weighted by Gasteiger charge is -2.02. The maximum Gasteiger partial charge on any atom is 0.368 e. The molecular formula is C8H10O5. The van der Waals surface area contributed by atoms with E-state index in [1.165, 1.54) is 6.92 Å². The number of rotatable bonds is 5. The average Bonchev–Trinajstić information content (AvgIpc) is 2.11. The predicted molar refractivity (Wildman–Crippen MR) is 43.1 cm³/mol. The van der Waals surface area contributed by atoms with Crippen molar-refractivity contribution in [1.82, 2.24) is 0 Å². The Morgan fingerprint density at radius 3 is 2.54 bits per heavy atom. The van der Waals surface area contributed by atoms with Crippen LogP contribution in [0.3, 0.4) is 0 Å². The van der Waals surface area contributed by atoms with Crippen LogP contribution in [-0.2, 0) is 24.1 Å². The summed E-state index contributed by atoms with van der Waals surface area (Å²) in [6.07, 6.45) is 0.962. The molecule has 0 aliphatic heterocycles. The second-order valence-corrected chi connectivity index (χ2v) is 2.05. The smallest absolute Gasteiger partial charge is 0.368 e. The van der Waals surface area contributed by atoms with Crippen molar-refractivity contribution in [3.05, 3.63) is 24.8 Å². The lowest BCUT2D eigenvalue weighted by atomic mass is 10.4.